The number of anilines is 1. The van der Waals surface area contributed by atoms with Gasteiger partial charge in [-0.15, -0.1) is 35.3 Å². The number of nitrogens with zero attached hydrogens (tertiary/aromatic N) is 6. The summed E-state index contributed by atoms with van der Waals surface area (Å²) in [4.78, 5) is 13.4. The number of benzene rings is 1. The van der Waals surface area contributed by atoms with Gasteiger partial charge in [-0.3, -0.25) is 0 Å². The average Bonchev–Trinajstić information content (AvgIpc) is 3.40. The molecule has 4 rings (SSSR count). The Balaban J connectivity index is 0.00000210. The Bertz CT molecular complexity index is 856. The quantitative estimate of drug-likeness (QED) is 0.342. The zero-order valence-corrected chi connectivity index (χ0v) is 18.0. The lowest BCUT2D eigenvalue weighted by molar-refractivity contribution is 0.380. The van der Waals surface area contributed by atoms with E-state index in [1.165, 1.54) is 0 Å². The first-order chi connectivity index (χ1) is 12.8. The van der Waals surface area contributed by atoms with Crippen molar-refractivity contribution < 1.29 is 0 Å². The highest BCUT2D eigenvalue weighted by Crippen LogP contribution is 2.18. The van der Waals surface area contributed by atoms with E-state index in [-0.39, 0.29) is 24.0 Å². The minimum Gasteiger partial charge on any atom is -0.370 e. The smallest absolute Gasteiger partial charge is 0.191 e. The predicted molar refractivity (Wildman–Crippen MR) is 120 cm³/mol. The molecular formula is C18H22IN7S. The Hall–Kier alpha value is -2.14. The molecule has 0 aliphatic carbocycles. The number of aliphatic imine (C=N–C) groups is 1. The van der Waals surface area contributed by atoms with Crippen molar-refractivity contribution in [2.24, 2.45) is 10.7 Å². The molecule has 27 heavy (non-hydrogen) atoms. The second-order valence-corrected chi connectivity index (χ2v) is 6.96. The number of rotatable bonds is 4. The number of aromatic nitrogens is 3. The lowest BCUT2D eigenvalue weighted by Crippen LogP contribution is -2.51. The molecule has 1 saturated heterocycles. The van der Waals surface area contributed by atoms with Gasteiger partial charge in [0.1, 0.15) is 0 Å². The normalized spacial score (nSPS) is 14.9. The zero-order chi connectivity index (χ0) is 17.8. The number of halogens is 1. The molecule has 1 aromatic carbocycles. The monoisotopic (exact) mass is 495 g/mol. The van der Waals surface area contributed by atoms with E-state index in [2.05, 4.69) is 37.0 Å². The first-order valence-corrected chi connectivity index (χ1v) is 9.46. The van der Waals surface area contributed by atoms with Crippen LogP contribution in [-0.2, 0) is 6.54 Å². The largest absolute Gasteiger partial charge is 0.370 e. The molecule has 1 aliphatic heterocycles. The van der Waals surface area contributed by atoms with Crippen LogP contribution in [0, 0.1) is 0 Å². The topological polar surface area (TPSA) is 75.6 Å². The van der Waals surface area contributed by atoms with Crippen molar-refractivity contribution in [2.45, 2.75) is 6.54 Å². The van der Waals surface area contributed by atoms with Gasteiger partial charge in [0.15, 0.2) is 11.1 Å². The molecule has 0 radical (unpaired) electrons. The number of thiazole rings is 1. The Morgan fingerprint density at radius 1 is 1.15 bits per heavy atom. The van der Waals surface area contributed by atoms with E-state index in [1.807, 2.05) is 40.7 Å². The van der Waals surface area contributed by atoms with E-state index in [1.54, 1.807) is 17.5 Å². The van der Waals surface area contributed by atoms with Gasteiger partial charge >= 0.3 is 0 Å². The van der Waals surface area contributed by atoms with Crippen molar-refractivity contribution in [3.05, 3.63) is 59.9 Å². The van der Waals surface area contributed by atoms with E-state index in [0.29, 0.717) is 12.5 Å². The molecule has 0 bridgehead atoms. The van der Waals surface area contributed by atoms with Crippen molar-refractivity contribution in [1.29, 1.82) is 0 Å². The number of hydrogen-bond donors (Lipinski definition) is 1. The number of nitrogens with two attached hydrogens (primary N) is 1. The highest BCUT2D eigenvalue weighted by atomic mass is 127. The first kappa shape index (κ1) is 19.6. The molecule has 1 aliphatic rings. The van der Waals surface area contributed by atoms with Crippen molar-refractivity contribution >= 4 is 46.4 Å². The summed E-state index contributed by atoms with van der Waals surface area (Å²) in [6, 6.07) is 10.1. The van der Waals surface area contributed by atoms with Crippen molar-refractivity contribution in [1.82, 2.24) is 19.7 Å². The lowest BCUT2D eigenvalue weighted by atomic mass is 10.2. The average molecular weight is 495 g/mol. The van der Waals surface area contributed by atoms with Gasteiger partial charge in [0, 0.05) is 50.1 Å². The van der Waals surface area contributed by atoms with E-state index >= 15 is 0 Å². The third kappa shape index (κ3) is 4.78. The summed E-state index contributed by atoms with van der Waals surface area (Å²) in [6.45, 7) is 4.12. The highest BCUT2D eigenvalue weighted by Gasteiger charge is 2.19. The Kier molecular flexibility index (Phi) is 6.67. The molecule has 0 amide bonds. The summed E-state index contributed by atoms with van der Waals surface area (Å²) in [5.74, 6) is 0.605. The van der Waals surface area contributed by atoms with Crippen LogP contribution in [0.3, 0.4) is 0 Å². The minimum absolute atomic E-state index is 0. The minimum atomic E-state index is 0. The molecule has 7 nitrogen and oxygen atoms in total. The van der Waals surface area contributed by atoms with Gasteiger partial charge < -0.3 is 15.5 Å². The maximum Gasteiger partial charge on any atom is 0.191 e. The van der Waals surface area contributed by atoms with Crippen LogP contribution in [0.4, 0.5) is 5.13 Å². The van der Waals surface area contributed by atoms with Crippen LogP contribution in [-0.4, -0.2) is 51.8 Å². The molecular weight excluding hydrogens is 473 g/mol. The third-order valence-corrected chi connectivity index (χ3v) is 5.23. The van der Waals surface area contributed by atoms with Gasteiger partial charge in [0.05, 0.1) is 12.2 Å². The van der Waals surface area contributed by atoms with E-state index in [4.69, 9.17) is 5.73 Å². The number of guanidine groups is 1. The Morgan fingerprint density at radius 2 is 2.00 bits per heavy atom. The fourth-order valence-corrected chi connectivity index (χ4v) is 3.69. The van der Waals surface area contributed by atoms with Gasteiger partial charge in [0.2, 0.25) is 0 Å². The molecule has 1 fully saturated rings. The van der Waals surface area contributed by atoms with Crippen LogP contribution in [0.25, 0.3) is 5.69 Å². The van der Waals surface area contributed by atoms with Gasteiger partial charge in [0.25, 0.3) is 0 Å². The standard InChI is InChI=1S/C18H21N7S.HI/c19-17(23-8-10-24(11-9-23)18-20-6-12-26-18)21-14-15-3-1-4-16(13-15)25-7-2-5-22-25;/h1-7,12-13H,8-11,14H2,(H2,19,21);1H. The summed E-state index contributed by atoms with van der Waals surface area (Å²) in [5, 5.41) is 7.35. The Morgan fingerprint density at radius 3 is 2.70 bits per heavy atom. The van der Waals surface area contributed by atoms with Gasteiger partial charge in [-0.05, 0) is 23.8 Å². The SMILES string of the molecule is I.NC(=NCc1cccc(-n2cccn2)c1)N1CCN(c2nccs2)CC1. The first-order valence-electron chi connectivity index (χ1n) is 8.58. The van der Waals surface area contributed by atoms with Crippen molar-refractivity contribution in [3.63, 3.8) is 0 Å². The maximum absolute atomic E-state index is 6.22. The molecule has 9 heteroatoms. The summed E-state index contributed by atoms with van der Waals surface area (Å²) >= 11 is 1.67. The molecule has 3 heterocycles. The molecule has 2 N–H and O–H groups in total. The van der Waals surface area contributed by atoms with E-state index < -0.39 is 0 Å². The molecule has 0 unspecified atom stereocenters. The molecule has 142 valence electrons. The van der Waals surface area contributed by atoms with Crippen LogP contribution in [0.1, 0.15) is 5.56 Å². The second kappa shape index (κ2) is 9.18. The third-order valence-electron chi connectivity index (χ3n) is 4.40. The summed E-state index contributed by atoms with van der Waals surface area (Å²) in [5.41, 5.74) is 8.36. The van der Waals surface area contributed by atoms with Crippen LogP contribution < -0.4 is 10.6 Å². The lowest BCUT2D eigenvalue weighted by Gasteiger charge is -2.35. The van der Waals surface area contributed by atoms with Gasteiger partial charge in [-0.25, -0.2) is 14.7 Å². The van der Waals surface area contributed by atoms with Crippen LogP contribution in [0.2, 0.25) is 0 Å². The Labute approximate surface area is 179 Å². The second-order valence-electron chi connectivity index (χ2n) is 6.08. The zero-order valence-electron chi connectivity index (χ0n) is 14.8. The highest BCUT2D eigenvalue weighted by molar-refractivity contribution is 14.0. The molecule has 0 atom stereocenters. The summed E-state index contributed by atoms with van der Waals surface area (Å²) in [7, 11) is 0. The fraction of sp³-hybridized carbons (Fsp3) is 0.278. The van der Waals surface area contributed by atoms with Gasteiger partial charge in [-0.1, -0.05) is 12.1 Å². The molecule has 0 saturated carbocycles. The fourth-order valence-electron chi connectivity index (χ4n) is 2.99. The van der Waals surface area contributed by atoms with Crippen molar-refractivity contribution in [3.8, 4) is 5.69 Å². The number of hydrogen-bond acceptors (Lipinski definition) is 5. The van der Waals surface area contributed by atoms with Crippen LogP contribution in [0.5, 0.6) is 0 Å². The summed E-state index contributed by atoms with van der Waals surface area (Å²) < 4.78 is 1.84. The molecule has 2 aromatic heterocycles. The predicted octanol–water partition coefficient (Wildman–Crippen LogP) is 2.58. The van der Waals surface area contributed by atoms with E-state index in [0.717, 1.165) is 42.6 Å². The van der Waals surface area contributed by atoms with Gasteiger partial charge in [-0.2, -0.15) is 5.10 Å². The maximum atomic E-state index is 6.22. The van der Waals surface area contributed by atoms with Crippen molar-refractivity contribution in [2.75, 3.05) is 31.1 Å². The van der Waals surface area contributed by atoms with E-state index in [9.17, 15) is 0 Å². The number of piperazine rings is 1. The molecule has 0 spiro atoms. The van der Waals surface area contributed by atoms with Crippen LogP contribution >= 0.6 is 35.3 Å². The summed E-state index contributed by atoms with van der Waals surface area (Å²) in [6.07, 6.45) is 5.55. The molecule has 3 aromatic rings. The van der Waals surface area contributed by atoms with Crippen LogP contribution in [0.15, 0.2) is 59.3 Å².